The van der Waals surface area contributed by atoms with Crippen molar-refractivity contribution in [3.05, 3.63) is 32.7 Å². The van der Waals surface area contributed by atoms with Crippen LogP contribution in [-0.4, -0.2) is 16.7 Å². The Bertz CT molecular complexity index is 515. The number of hydrogen-bond donors (Lipinski definition) is 1. The van der Waals surface area contributed by atoms with Gasteiger partial charge in [0.1, 0.15) is 10.0 Å². The van der Waals surface area contributed by atoms with Crippen LogP contribution in [0.5, 0.6) is 0 Å². The lowest BCUT2D eigenvalue weighted by molar-refractivity contribution is 0.715. The standard InChI is InChI=1S/C11H11BrClN3S/c1-2-14-6-10-15-16-11(17-10)7-3-4-8(12)9(13)5-7/h3-5,14H,2,6H2,1H3. The van der Waals surface area contributed by atoms with Crippen LogP contribution >= 0.6 is 38.9 Å². The van der Waals surface area contributed by atoms with Crippen LogP contribution in [0.2, 0.25) is 5.02 Å². The lowest BCUT2D eigenvalue weighted by Crippen LogP contribution is -2.11. The molecule has 1 heterocycles. The molecule has 17 heavy (non-hydrogen) atoms. The summed E-state index contributed by atoms with van der Waals surface area (Å²) in [5.41, 5.74) is 0.999. The Kier molecular flexibility index (Phi) is 4.50. The van der Waals surface area contributed by atoms with Crippen molar-refractivity contribution >= 4 is 38.9 Å². The molecule has 6 heteroatoms. The summed E-state index contributed by atoms with van der Waals surface area (Å²) in [4.78, 5) is 0. The number of nitrogens with zero attached hydrogens (tertiary/aromatic N) is 2. The maximum Gasteiger partial charge on any atom is 0.147 e. The van der Waals surface area contributed by atoms with Gasteiger partial charge in [0.05, 0.1) is 5.02 Å². The molecule has 1 aromatic heterocycles. The van der Waals surface area contributed by atoms with E-state index in [0.717, 1.165) is 33.1 Å². The van der Waals surface area contributed by atoms with Gasteiger partial charge in [-0.1, -0.05) is 35.9 Å². The van der Waals surface area contributed by atoms with Gasteiger partial charge in [0.2, 0.25) is 0 Å². The van der Waals surface area contributed by atoms with Crippen LogP contribution in [0.15, 0.2) is 22.7 Å². The Morgan fingerprint density at radius 1 is 1.41 bits per heavy atom. The van der Waals surface area contributed by atoms with Gasteiger partial charge >= 0.3 is 0 Å². The third-order valence-electron chi connectivity index (χ3n) is 2.16. The number of rotatable bonds is 4. The number of aromatic nitrogens is 2. The fourth-order valence-corrected chi connectivity index (χ4v) is 2.54. The smallest absolute Gasteiger partial charge is 0.147 e. The van der Waals surface area contributed by atoms with E-state index in [2.05, 4.69) is 38.4 Å². The highest BCUT2D eigenvalue weighted by Gasteiger charge is 2.07. The second-order valence-corrected chi connectivity index (χ2v) is 5.73. The van der Waals surface area contributed by atoms with Crippen LogP contribution in [0.3, 0.4) is 0 Å². The monoisotopic (exact) mass is 331 g/mol. The van der Waals surface area contributed by atoms with Gasteiger partial charge < -0.3 is 5.32 Å². The summed E-state index contributed by atoms with van der Waals surface area (Å²) in [6.45, 7) is 3.76. The molecule has 0 saturated carbocycles. The summed E-state index contributed by atoms with van der Waals surface area (Å²) < 4.78 is 0.889. The van der Waals surface area contributed by atoms with Gasteiger partial charge in [0.15, 0.2) is 0 Å². The molecule has 0 spiro atoms. The second kappa shape index (κ2) is 5.91. The average molecular weight is 333 g/mol. The first-order chi connectivity index (χ1) is 8.20. The molecule has 3 nitrogen and oxygen atoms in total. The van der Waals surface area contributed by atoms with Gasteiger partial charge in [-0.25, -0.2) is 0 Å². The predicted molar refractivity (Wildman–Crippen MR) is 75.4 cm³/mol. The summed E-state index contributed by atoms with van der Waals surface area (Å²) in [5.74, 6) is 0. The quantitative estimate of drug-likeness (QED) is 0.927. The van der Waals surface area contributed by atoms with Gasteiger partial charge in [-0.2, -0.15) is 0 Å². The molecule has 0 aliphatic heterocycles. The third-order valence-corrected chi connectivity index (χ3v) is 4.36. The van der Waals surface area contributed by atoms with E-state index >= 15 is 0 Å². The van der Waals surface area contributed by atoms with Crippen molar-refractivity contribution in [1.82, 2.24) is 15.5 Å². The van der Waals surface area contributed by atoms with Crippen molar-refractivity contribution in [1.29, 1.82) is 0 Å². The van der Waals surface area contributed by atoms with Crippen LogP contribution in [0.4, 0.5) is 0 Å². The van der Waals surface area contributed by atoms with E-state index in [0.29, 0.717) is 5.02 Å². The second-order valence-electron chi connectivity index (χ2n) is 3.41. The molecule has 0 bridgehead atoms. The molecule has 2 aromatic rings. The average Bonchev–Trinajstić information content (AvgIpc) is 2.79. The summed E-state index contributed by atoms with van der Waals surface area (Å²) >= 11 is 11.0. The largest absolute Gasteiger partial charge is 0.311 e. The van der Waals surface area contributed by atoms with Gasteiger partial charge in [-0.05, 0) is 34.6 Å². The van der Waals surface area contributed by atoms with Crippen molar-refractivity contribution in [3.63, 3.8) is 0 Å². The van der Waals surface area contributed by atoms with Gasteiger partial charge in [0, 0.05) is 16.6 Å². The SMILES string of the molecule is CCNCc1nnc(-c2ccc(Br)c(Cl)c2)s1. The number of halogens is 2. The van der Waals surface area contributed by atoms with Crippen LogP contribution in [0.25, 0.3) is 10.6 Å². The molecule has 1 N–H and O–H groups in total. The van der Waals surface area contributed by atoms with E-state index in [4.69, 9.17) is 11.6 Å². The maximum atomic E-state index is 6.05. The van der Waals surface area contributed by atoms with E-state index in [1.807, 2.05) is 18.2 Å². The van der Waals surface area contributed by atoms with Gasteiger partial charge in [0.25, 0.3) is 0 Å². The lowest BCUT2D eigenvalue weighted by Gasteiger charge is -1.98. The molecule has 0 amide bonds. The normalized spacial score (nSPS) is 10.8. The highest BCUT2D eigenvalue weighted by Crippen LogP contribution is 2.30. The summed E-state index contributed by atoms with van der Waals surface area (Å²) in [6.07, 6.45) is 0. The molecular weight excluding hydrogens is 322 g/mol. The number of hydrogen-bond acceptors (Lipinski definition) is 4. The van der Waals surface area contributed by atoms with Crippen molar-refractivity contribution in [2.45, 2.75) is 13.5 Å². The minimum atomic E-state index is 0.686. The lowest BCUT2D eigenvalue weighted by atomic mass is 10.2. The van der Waals surface area contributed by atoms with Gasteiger partial charge in [-0.15, -0.1) is 10.2 Å². The first kappa shape index (κ1) is 13.0. The summed E-state index contributed by atoms with van der Waals surface area (Å²) in [6, 6.07) is 5.79. The molecule has 0 unspecified atom stereocenters. The Balaban J connectivity index is 2.21. The van der Waals surface area contributed by atoms with E-state index in [-0.39, 0.29) is 0 Å². The number of nitrogens with one attached hydrogen (secondary N) is 1. The van der Waals surface area contributed by atoms with E-state index in [1.165, 1.54) is 0 Å². The first-order valence-corrected chi connectivity index (χ1v) is 7.18. The zero-order valence-electron chi connectivity index (χ0n) is 9.20. The molecule has 90 valence electrons. The third kappa shape index (κ3) is 3.25. The molecule has 2 rings (SSSR count). The Morgan fingerprint density at radius 2 is 2.24 bits per heavy atom. The molecule has 0 saturated heterocycles. The number of benzene rings is 1. The molecule has 0 aliphatic carbocycles. The first-order valence-electron chi connectivity index (χ1n) is 5.19. The zero-order chi connectivity index (χ0) is 12.3. The minimum Gasteiger partial charge on any atom is -0.311 e. The minimum absolute atomic E-state index is 0.686. The van der Waals surface area contributed by atoms with E-state index in [9.17, 15) is 0 Å². The van der Waals surface area contributed by atoms with Crippen LogP contribution < -0.4 is 5.32 Å². The zero-order valence-corrected chi connectivity index (χ0v) is 12.4. The Hall–Kier alpha value is -0.490. The Labute approximate surface area is 117 Å². The van der Waals surface area contributed by atoms with Crippen LogP contribution in [-0.2, 0) is 6.54 Å². The topological polar surface area (TPSA) is 37.8 Å². The molecule has 1 aromatic carbocycles. The highest BCUT2D eigenvalue weighted by atomic mass is 79.9. The molecule has 0 atom stereocenters. The summed E-state index contributed by atoms with van der Waals surface area (Å²) in [7, 11) is 0. The molecular formula is C11H11BrClN3S. The van der Waals surface area contributed by atoms with Crippen molar-refractivity contribution in [2.24, 2.45) is 0 Å². The molecule has 0 radical (unpaired) electrons. The Morgan fingerprint density at radius 3 is 2.94 bits per heavy atom. The van der Waals surface area contributed by atoms with Crippen molar-refractivity contribution < 1.29 is 0 Å². The fraction of sp³-hybridized carbons (Fsp3) is 0.273. The highest BCUT2D eigenvalue weighted by molar-refractivity contribution is 9.10. The van der Waals surface area contributed by atoms with Crippen LogP contribution in [0, 0.1) is 0 Å². The fourth-order valence-electron chi connectivity index (χ4n) is 1.30. The van der Waals surface area contributed by atoms with Gasteiger partial charge in [-0.3, -0.25) is 0 Å². The van der Waals surface area contributed by atoms with E-state index in [1.54, 1.807) is 11.3 Å². The van der Waals surface area contributed by atoms with Crippen molar-refractivity contribution in [2.75, 3.05) is 6.54 Å². The summed E-state index contributed by atoms with van der Waals surface area (Å²) in [5, 5.41) is 14.1. The molecule has 0 aliphatic rings. The van der Waals surface area contributed by atoms with Crippen molar-refractivity contribution in [3.8, 4) is 10.6 Å². The van der Waals surface area contributed by atoms with Crippen LogP contribution in [0.1, 0.15) is 11.9 Å². The maximum absolute atomic E-state index is 6.05. The predicted octanol–water partition coefficient (Wildman–Crippen LogP) is 3.73. The molecule has 0 fully saturated rings. The van der Waals surface area contributed by atoms with E-state index < -0.39 is 0 Å².